The Kier molecular flexibility index (Phi) is 4.35. The van der Waals surface area contributed by atoms with Gasteiger partial charge >= 0.3 is 0 Å². The third kappa shape index (κ3) is 2.76. The van der Waals surface area contributed by atoms with Crippen LogP contribution in [-0.4, -0.2) is 16.6 Å². The minimum atomic E-state index is -0.433. The molecule has 0 fully saturated rings. The van der Waals surface area contributed by atoms with Gasteiger partial charge in [-0.3, -0.25) is 4.98 Å². The molecule has 0 bridgehead atoms. The van der Waals surface area contributed by atoms with Crippen molar-refractivity contribution in [2.75, 3.05) is 6.54 Å². The first kappa shape index (κ1) is 10.6. The van der Waals surface area contributed by atoms with Crippen molar-refractivity contribution in [2.45, 2.75) is 25.9 Å². The lowest BCUT2D eigenvalue weighted by molar-refractivity contribution is 0.110. The Bertz CT molecular complexity index is 226. The van der Waals surface area contributed by atoms with Crippen LogP contribution in [0.25, 0.3) is 0 Å². The number of aliphatic hydroxyl groups excluding tert-OH is 1. The molecule has 0 aliphatic carbocycles. The van der Waals surface area contributed by atoms with Crippen molar-refractivity contribution in [2.24, 2.45) is 11.7 Å². The van der Waals surface area contributed by atoms with E-state index in [1.54, 1.807) is 11.7 Å². The summed E-state index contributed by atoms with van der Waals surface area (Å²) in [6.45, 7) is 2.63. The van der Waals surface area contributed by atoms with Crippen LogP contribution in [0.4, 0.5) is 0 Å². The molecule has 0 amide bonds. The highest BCUT2D eigenvalue weighted by Gasteiger charge is 2.19. The summed E-state index contributed by atoms with van der Waals surface area (Å²) in [4.78, 5) is 4.86. The van der Waals surface area contributed by atoms with E-state index in [1.165, 1.54) is 11.3 Å². The maximum absolute atomic E-state index is 9.89. The number of nitrogens with two attached hydrogens (primary N) is 1. The predicted molar refractivity (Wildman–Crippen MR) is 54.5 cm³/mol. The summed E-state index contributed by atoms with van der Waals surface area (Å²) < 4.78 is 0. The Hall–Kier alpha value is -0.450. The maximum atomic E-state index is 9.89. The molecule has 1 aromatic heterocycles. The lowest BCUT2D eigenvalue weighted by Gasteiger charge is -2.18. The molecule has 2 atom stereocenters. The van der Waals surface area contributed by atoms with Crippen LogP contribution < -0.4 is 5.73 Å². The molecular weight excluding hydrogens is 184 g/mol. The average molecular weight is 200 g/mol. The van der Waals surface area contributed by atoms with Crippen LogP contribution >= 0.6 is 11.3 Å². The first-order chi connectivity index (χ1) is 6.29. The Balaban J connectivity index is 2.58. The largest absolute Gasteiger partial charge is 0.387 e. The van der Waals surface area contributed by atoms with Crippen molar-refractivity contribution >= 4 is 11.3 Å². The SMILES string of the molecule is CCCC(CN)C(O)c1cncs1. The van der Waals surface area contributed by atoms with Crippen LogP contribution in [0.3, 0.4) is 0 Å². The molecule has 0 radical (unpaired) electrons. The standard InChI is InChI=1S/C9H16N2OS/c1-2-3-7(4-10)9(12)8-5-11-6-13-8/h5-7,9,12H,2-4,10H2,1H3. The van der Waals surface area contributed by atoms with Gasteiger partial charge in [0.15, 0.2) is 0 Å². The van der Waals surface area contributed by atoms with E-state index in [-0.39, 0.29) is 5.92 Å². The molecule has 4 heteroatoms. The van der Waals surface area contributed by atoms with E-state index in [0.29, 0.717) is 6.54 Å². The van der Waals surface area contributed by atoms with Crippen LogP contribution in [0, 0.1) is 5.92 Å². The Morgan fingerprint density at radius 3 is 2.92 bits per heavy atom. The number of hydrogen-bond donors (Lipinski definition) is 2. The molecule has 0 saturated heterocycles. The smallest absolute Gasteiger partial charge is 0.0938 e. The molecule has 0 aromatic carbocycles. The summed E-state index contributed by atoms with van der Waals surface area (Å²) in [7, 11) is 0. The fourth-order valence-electron chi connectivity index (χ4n) is 1.38. The molecule has 0 saturated carbocycles. The second-order valence-corrected chi connectivity index (χ2v) is 4.05. The third-order valence-electron chi connectivity index (χ3n) is 2.15. The predicted octanol–water partition coefficient (Wildman–Crippen LogP) is 1.55. The zero-order chi connectivity index (χ0) is 9.68. The van der Waals surface area contributed by atoms with Crippen LogP contribution in [0.2, 0.25) is 0 Å². The lowest BCUT2D eigenvalue weighted by Crippen LogP contribution is -2.21. The van der Waals surface area contributed by atoms with Crippen molar-refractivity contribution in [3.8, 4) is 0 Å². The maximum Gasteiger partial charge on any atom is 0.0938 e. The monoisotopic (exact) mass is 200 g/mol. The highest BCUT2D eigenvalue weighted by atomic mass is 32.1. The number of aromatic nitrogens is 1. The number of rotatable bonds is 5. The molecular formula is C9H16N2OS. The summed E-state index contributed by atoms with van der Waals surface area (Å²) in [5, 5.41) is 9.89. The fourth-order valence-corrected chi connectivity index (χ4v) is 2.08. The van der Waals surface area contributed by atoms with E-state index in [4.69, 9.17) is 5.73 Å². The first-order valence-corrected chi connectivity index (χ1v) is 5.44. The van der Waals surface area contributed by atoms with Gasteiger partial charge in [0.05, 0.1) is 16.5 Å². The van der Waals surface area contributed by atoms with Gasteiger partial charge in [0, 0.05) is 12.1 Å². The van der Waals surface area contributed by atoms with Crippen LogP contribution in [0.15, 0.2) is 11.7 Å². The summed E-state index contributed by atoms with van der Waals surface area (Å²) in [6, 6.07) is 0. The average Bonchev–Trinajstić information content (AvgIpc) is 2.65. The van der Waals surface area contributed by atoms with E-state index in [1.807, 2.05) is 0 Å². The van der Waals surface area contributed by atoms with Gasteiger partial charge in [-0.25, -0.2) is 0 Å². The molecule has 0 aliphatic rings. The number of aliphatic hydroxyl groups is 1. The van der Waals surface area contributed by atoms with Crippen molar-refractivity contribution in [1.29, 1.82) is 0 Å². The van der Waals surface area contributed by atoms with Crippen molar-refractivity contribution in [3.63, 3.8) is 0 Å². The van der Waals surface area contributed by atoms with Gasteiger partial charge in [0.2, 0.25) is 0 Å². The number of hydrogen-bond acceptors (Lipinski definition) is 4. The van der Waals surface area contributed by atoms with Crippen molar-refractivity contribution in [1.82, 2.24) is 4.98 Å². The van der Waals surface area contributed by atoms with Crippen LogP contribution in [0.1, 0.15) is 30.7 Å². The van der Waals surface area contributed by atoms with Crippen LogP contribution in [-0.2, 0) is 0 Å². The van der Waals surface area contributed by atoms with E-state index in [9.17, 15) is 5.11 Å². The zero-order valence-electron chi connectivity index (χ0n) is 7.81. The highest BCUT2D eigenvalue weighted by molar-refractivity contribution is 7.09. The quantitative estimate of drug-likeness (QED) is 0.758. The Labute approximate surface area is 82.6 Å². The molecule has 1 aromatic rings. The van der Waals surface area contributed by atoms with E-state index in [2.05, 4.69) is 11.9 Å². The number of thiazole rings is 1. The molecule has 13 heavy (non-hydrogen) atoms. The van der Waals surface area contributed by atoms with E-state index < -0.39 is 6.10 Å². The second-order valence-electron chi connectivity index (χ2n) is 3.13. The summed E-state index contributed by atoms with van der Waals surface area (Å²) in [6.07, 6.45) is 3.30. The van der Waals surface area contributed by atoms with Gasteiger partial charge < -0.3 is 10.8 Å². The second kappa shape index (κ2) is 5.32. The van der Waals surface area contributed by atoms with Gasteiger partial charge in [0.1, 0.15) is 0 Å². The van der Waals surface area contributed by atoms with E-state index >= 15 is 0 Å². The minimum Gasteiger partial charge on any atom is -0.387 e. The molecule has 3 N–H and O–H groups in total. The Morgan fingerprint density at radius 1 is 1.69 bits per heavy atom. The van der Waals surface area contributed by atoms with Gasteiger partial charge in [0.25, 0.3) is 0 Å². The fraction of sp³-hybridized carbons (Fsp3) is 0.667. The molecule has 2 unspecified atom stereocenters. The topological polar surface area (TPSA) is 59.1 Å². The van der Waals surface area contributed by atoms with Crippen LogP contribution in [0.5, 0.6) is 0 Å². The lowest BCUT2D eigenvalue weighted by atomic mass is 9.96. The summed E-state index contributed by atoms with van der Waals surface area (Å²) in [5.74, 6) is 0.172. The van der Waals surface area contributed by atoms with Gasteiger partial charge in [-0.05, 0) is 13.0 Å². The van der Waals surface area contributed by atoms with Crippen molar-refractivity contribution < 1.29 is 5.11 Å². The van der Waals surface area contributed by atoms with Gasteiger partial charge in [-0.2, -0.15) is 0 Å². The minimum absolute atomic E-state index is 0.172. The highest BCUT2D eigenvalue weighted by Crippen LogP contribution is 2.27. The zero-order valence-corrected chi connectivity index (χ0v) is 8.63. The molecule has 74 valence electrons. The molecule has 0 spiro atoms. The first-order valence-electron chi connectivity index (χ1n) is 4.56. The molecule has 3 nitrogen and oxygen atoms in total. The van der Waals surface area contributed by atoms with Gasteiger partial charge in [-0.15, -0.1) is 11.3 Å². The van der Waals surface area contributed by atoms with E-state index in [0.717, 1.165) is 17.7 Å². The van der Waals surface area contributed by atoms with Gasteiger partial charge in [-0.1, -0.05) is 13.3 Å². The normalized spacial score (nSPS) is 15.6. The third-order valence-corrected chi connectivity index (χ3v) is 3.00. The van der Waals surface area contributed by atoms with Crippen molar-refractivity contribution in [3.05, 3.63) is 16.6 Å². The molecule has 1 heterocycles. The summed E-state index contributed by atoms with van der Waals surface area (Å²) >= 11 is 1.48. The number of nitrogens with zero attached hydrogens (tertiary/aromatic N) is 1. The molecule has 0 aliphatic heterocycles. The summed E-state index contributed by atoms with van der Waals surface area (Å²) in [5.41, 5.74) is 7.32. The Morgan fingerprint density at radius 2 is 2.46 bits per heavy atom. The molecule has 1 rings (SSSR count).